The molecule has 1 aromatic carbocycles. The van der Waals surface area contributed by atoms with Crippen LogP contribution in [0.1, 0.15) is 30.0 Å². The van der Waals surface area contributed by atoms with E-state index in [9.17, 15) is 10.1 Å². The van der Waals surface area contributed by atoms with Gasteiger partial charge in [-0.1, -0.05) is 24.3 Å². The minimum absolute atomic E-state index is 0.161. The zero-order valence-corrected chi connectivity index (χ0v) is 10.8. The van der Waals surface area contributed by atoms with E-state index < -0.39 is 0 Å². The molecule has 1 aromatic heterocycles. The number of nitriles is 1. The minimum atomic E-state index is -0.161. The number of aryl methyl sites for hydroxylation is 1. The summed E-state index contributed by atoms with van der Waals surface area (Å²) in [7, 11) is 0. The molecule has 0 spiro atoms. The van der Waals surface area contributed by atoms with Crippen LogP contribution in [0.25, 0.3) is 11.1 Å². The molecule has 3 rings (SSSR count). The lowest BCUT2D eigenvalue weighted by Crippen LogP contribution is -2.21. The van der Waals surface area contributed by atoms with E-state index in [4.69, 9.17) is 0 Å². The average Bonchev–Trinajstić information content (AvgIpc) is 3.23. The predicted molar refractivity (Wildman–Crippen MR) is 73.9 cm³/mol. The Morgan fingerprint density at radius 2 is 1.95 bits per heavy atom. The van der Waals surface area contributed by atoms with Gasteiger partial charge in [-0.15, -0.1) is 0 Å². The zero-order chi connectivity index (χ0) is 13.4. The van der Waals surface area contributed by atoms with Gasteiger partial charge in [0.05, 0.1) is 0 Å². The van der Waals surface area contributed by atoms with E-state index in [2.05, 4.69) is 6.07 Å². The maximum Gasteiger partial charge on any atom is 0.269 e. The smallest absolute Gasteiger partial charge is 0.269 e. The van der Waals surface area contributed by atoms with Gasteiger partial charge in [0, 0.05) is 17.8 Å². The van der Waals surface area contributed by atoms with Crippen LogP contribution in [-0.4, -0.2) is 4.57 Å². The van der Waals surface area contributed by atoms with Crippen LogP contribution in [0.15, 0.2) is 41.3 Å². The standard InChI is InChI=1S/C16H14N2O/c1-11-4-2-3-5-13(11)14-8-9-18(12-6-7-12)16(19)15(14)10-17/h2-5,8-9,12H,6-7H2,1H3. The van der Waals surface area contributed by atoms with Gasteiger partial charge >= 0.3 is 0 Å². The molecular formula is C16H14N2O. The van der Waals surface area contributed by atoms with Crippen LogP contribution in [0.3, 0.4) is 0 Å². The maximum atomic E-state index is 12.3. The van der Waals surface area contributed by atoms with Crippen LogP contribution in [0.5, 0.6) is 0 Å². The molecule has 1 aliphatic carbocycles. The Hall–Kier alpha value is -2.34. The minimum Gasteiger partial charge on any atom is -0.311 e. The number of hydrogen-bond acceptors (Lipinski definition) is 2. The Labute approximate surface area is 111 Å². The summed E-state index contributed by atoms with van der Waals surface area (Å²) in [6, 6.07) is 12.1. The van der Waals surface area contributed by atoms with E-state index in [-0.39, 0.29) is 11.1 Å². The number of rotatable bonds is 2. The summed E-state index contributed by atoms with van der Waals surface area (Å²) >= 11 is 0. The molecule has 0 unspecified atom stereocenters. The molecule has 0 N–H and O–H groups in total. The molecule has 0 radical (unpaired) electrons. The van der Waals surface area contributed by atoms with Gasteiger partial charge in [-0.2, -0.15) is 5.26 Å². The molecule has 1 fully saturated rings. The molecule has 2 aromatic rings. The van der Waals surface area contributed by atoms with Gasteiger partial charge in [0.15, 0.2) is 0 Å². The van der Waals surface area contributed by atoms with Crippen molar-refractivity contribution in [2.24, 2.45) is 0 Å². The first-order chi connectivity index (χ1) is 9.22. The van der Waals surface area contributed by atoms with E-state index in [1.807, 2.05) is 43.5 Å². The number of nitrogens with zero attached hydrogens (tertiary/aromatic N) is 2. The van der Waals surface area contributed by atoms with Crippen molar-refractivity contribution in [1.82, 2.24) is 4.57 Å². The number of pyridine rings is 1. The van der Waals surface area contributed by atoms with Crippen molar-refractivity contribution < 1.29 is 0 Å². The fourth-order valence-electron chi connectivity index (χ4n) is 2.40. The molecule has 0 amide bonds. The first-order valence-corrected chi connectivity index (χ1v) is 6.43. The van der Waals surface area contributed by atoms with Crippen LogP contribution in [0.4, 0.5) is 0 Å². The Bertz CT molecular complexity index is 733. The van der Waals surface area contributed by atoms with Crippen LogP contribution in [0, 0.1) is 18.3 Å². The second kappa shape index (κ2) is 4.40. The third-order valence-corrected chi connectivity index (χ3v) is 3.61. The number of hydrogen-bond donors (Lipinski definition) is 0. The van der Waals surface area contributed by atoms with E-state index >= 15 is 0 Å². The summed E-state index contributed by atoms with van der Waals surface area (Å²) in [4.78, 5) is 12.3. The highest BCUT2D eigenvalue weighted by molar-refractivity contribution is 5.72. The second-order valence-corrected chi connectivity index (χ2v) is 4.97. The molecule has 1 saturated carbocycles. The molecule has 19 heavy (non-hydrogen) atoms. The highest BCUT2D eigenvalue weighted by Gasteiger charge is 2.26. The predicted octanol–water partition coefficient (Wildman–Crippen LogP) is 3.03. The van der Waals surface area contributed by atoms with Crippen molar-refractivity contribution in [3.8, 4) is 17.2 Å². The fraction of sp³-hybridized carbons (Fsp3) is 0.250. The van der Waals surface area contributed by atoms with Gasteiger partial charge < -0.3 is 4.57 Å². The molecule has 1 aliphatic rings. The molecular weight excluding hydrogens is 236 g/mol. The first kappa shape index (κ1) is 11.7. The molecule has 1 heterocycles. The summed E-state index contributed by atoms with van der Waals surface area (Å²) in [5.41, 5.74) is 2.86. The molecule has 0 aliphatic heterocycles. The number of aromatic nitrogens is 1. The number of benzene rings is 1. The van der Waals surface area contributed by atoms with Crippen molar-refractivity contribution in [2.45, 2.75) is 25.8 Å². The van der Waals surface area contributed by atoms with Crippen LogP contribution in [-0.2, 0) is 0 Å². The molecule has 0 atom stereocenters. The normalized spacial score (nSPS) is 14.1. The van der Waals surface area contributed by atoms with Crippen molar-refractivity contribution in [2.75, 3.05) is 0 Å². The first-order valence-electron chi connectivity index (χ1n) is 6.43. The summed E-state index contributed by atoms with van der Waals surface area (Å²) in [5.74, 6) is 0. The lowest BCUT2D eigenvalue weighted by atomic mass is 9.98. The van der Waals surface area contributed by atoms with Crippen molar-refractivity contribution >= 4 is 0 Å². The Morgan fingerprint density at radius 3 is 2.58 bits per heavy atom. The Kier molecular flexibility index (Phi) is 2.72. The van der Waals surface area contributed by atoms with Crippen molar-refractivity contribution in [1.29, 1.82) is 5.26 Å². The summed E-state index contributed by atoms with van der Waals surface area (Å²) < 4.78 is 1.69. The molecule has 0 bridgehead atoms. The van der Waals surface area contributed by atoms with Crippen LogP contribution in [0.2, 0.25) is 0 Å². The van der Waals surface area contributed by atoms with Gasteiger partial charge in [-0.25, -0.2) is 0 Å². The van der Waals surface area contributed by atoms with E-state index in [0.29, 0.717) is 6.04 Å². The zero-order valence-electron chi connectivity index (χ0n) is 10.8. The highest BCUT2D eigenvalue weighted by Crippen LogP contribution is 2.34. The van der Waals surface area contributed by atoms with Gasteiger partial charge in [0.2, 0.25) is 0 Å². The molecule has 0 saturated heterocycles. The van der Waals surface area contributed by atoms with E-state index in [0.717, 1.165) is 29.5 Å². The van der Waals surface area contributed by atoms with Gasteiger partial charge in [0.25, 0.3) is 5.56 Å². The second-order valence-electron chi connectivity index (χ2n) is 4.97. The van der Waals surface area contributed by atoms with Crippen molar-refractivity contribution in [3.05, 3.63) is 58.0 Å². The van der Waals surface area contributed by atoms with Crippen LogP contribution < -0.4 is 5.56 Å². The average molecular weight is 250 g/mol. The quantitative estimate of drug-likeness (QED) is 0.822. The van der Waals surface area contributed by atoms with Gasteiger partial charge in [0.1, 0.15) is 11.6 Å². The molecule has 3 heteroatoms. The maximum absolute atomic E-state index is 12.3. The van der Waals surface area contributed by atoms with Crippen molar-refractivity contribution in [3.63, 3.8) is 0 Å². The van der Waals surface area contributed by atoms with Crippen LogP contribution >= 0.6 is 0 Å². The monoisotopic (exact) mass is 250 g/mol. The van der Waals surface area contributed by atoms with Gasteiger partial charge in [-0.05, 0) is 37.0 Å². The Morgan fingerprint density at radius 1 is 1.21 bits per heavy atom. The third kappa shape index (κ3) is 1.96. The Balaban J connectivity index is 2.23. The fourth-order valence-corrected chi connectivity index (χ4v) is 2.40. The highest BCUT2D eigenvalue weighted by atomic mass is 16.1. The van der Waals surface area contributed by atoms with E-state index in [1.165, 1.54) is 0 Å². The largest absolute Gasteiger partial charge is 0.311 e. The summed E-state index contributed by atoms with van der Waals surface area (Å²) in [6.07, 6.45) is 3.89. The molecule has 94 valence electrons. The molecule has 3 nitrogen and oxygen atoms in total. The van der Waals surface area contributed by atoms with E-state index in [1.54, 1.807) is 4.57 Å². The summed E-state index contributed by atoms with van der Waals surface area (Å²) in [6.45, 7) is 1.99. The lowest BCUT2D eigenvalue weighted by Gasteiger charge is -2.10. The SMILES string of the molecule is Cc1ccccc1-c1ccn(C2CC2)c(=O)c1C#N. The summed E-state index contributed by atoms with van der Waals surface area (Å²) in [5, 5.41) is 9.31. The topological polar surface area (TPSA) is 45.8 Å². The lowest BCUT2D eigenvalue weighted by molar-refractivity contribution is 0.705. The third-order valence-electron chi connectivity index (χ3n) is 3.61. The van der Waals surface area contributed by atoms with Gasteiger partial charge in [-0.3, -0.25) is 4.79 Å².